The van der Waals surface area contributed by atoms with Crippen molar-refractivity contribution in [2.24, 2.45) is 11.7 Å². The van der Waals surface area contributed by atoms with Gasteiger partial charge in [0.25, 0.3) is 0 Å². The number of aliphatic hydroxyl groups excluding tert-OH is 1. The Labute approximate surface area is 77.5 Å². The van der Waals surface area contributed by atoms with Gasteiger partial charge in [-0.1, -0.05) is 6.42 Å². The van der Waals surface area contributed by atoms with Crippen molar-refractivity contribution in [3.05, 3.63) is 23.7 Å². The summed E-state index contributed by atoms with van der Waals surface area (Å²) >= 11 is 0. The van der Waals surface area contributed by atoms with Gasteiger partial charge in [0, 0.05) is 0 Å². The van der Waals surface area contributed by atoms with Gasteiger partial charge >= 0.3 is 0 Å². The molecule has 1 heterocycles. The summed E-state index contributed by atoms with van der Waals surface area (Å²) in [5, 5.41) is 8.81. The van der Waals surface area contributed by atoms with E-state index in [1.807, 2.05) is 6.07 Å². The van der Waals surface area contributed by atoms with Crippen molar-refractivity contribution < 1.29 is 9.52 Å². The van der Waals surface area contributed by atoms with Crippen molar-refractivity contribution in [1.82, 2.24) is 0 Å². The molecule has 1 aliphatic carbocycles. The fourth-order valence-electron chi connectivity index (χ4n) is 1.69. The molecule has 3 heteroatoms. The molecular formula is C10H15NO2. The first-order valence-electron chi connectivity index (χ1n) is 4.76. The second-order valence-electron chi connectivity index (χ2n) is 3.68. The molecule has 0 radical (unpaired) electrons. The Morgan fingerprint density at radius 1 is 1.54 bits per heavy atom. The molecule has 2 rings (SSSR count). The number of aliphatic hydroxyl groups is 1. The number of rotatable bonds is 3. The van der Waals surface area contributed by atoms with E-state index in [1.54, 1.807) is 6.07 Å². The molecule has 72 valence electrons. The van der Waals surface area contributed by atoms with Crippen LogP contribution in [0, 0.1) is 5.92 Å². The normalized spacial score (nSPS) is 19.8. The average Bonchev–Trinajstić information content (AvgIpc) is 2.48. The van der Waals surface area contributed by atoms with Crippen LogP contribution in [0.4, 0.5) is 0 Å². The molecular weight excluding hydrogens is 166 g/mol. The van der Waals surface area contributed by atoms with Crippen LogP contribution < -0.4 is 5.73 Å². The van der Waals surface area contributed by atoms with Crippen LogP contribution in [0.15, 0.2) is 16.5 Å². The van der Waals surface area contributed by atoms with Crippen molar-refractivity contribution in [2.45, 2.75) is 31.9 Å². The smallest absolute Gasteiger partial charge is 0.129 e. The molecule has 0 saturated heterocycles. The summed E-state index contributed by atoms with van der Waals surface area (Å²) in [6, 6.07) is 3.68. The van der Waals surface area contributed by atoms with Crippen molar-refractivity contribution in [3.63, 3.8) is 0 Å². The quantitative estimate of drug-likeness (QED) is 0.744. The van der Waals surface area contributed by atoms with E-state index in [9.17, 15) is 0 Å². The maximum Gasteiger partial charge on any atom is 0.129 e. The van der Waals surface area contributed by atoms with E-state index in [2.05, 4.69) is 0 Å². The standard InChI is InChI=1S/C10H15NO2/c11-10(7-2-1-3-7)9-5-4-8(6-12)13-9/h4-5,7,10,12H,1-3,6,11H2. The van der Waals surface area contributed by atoms with Crippen LogP contribution in [0.1, 0.15) is 36.8 Å². The Bertz CT molecular complexity index is 278. The molecule has 1 aliphatic rings. The minimum Gasteiger partial charge on any atom is -0.462 e. The molecule has 1 saturated carbocycles. The van der Waals surface area contributed by atoms with Crippen LogP contribution in [0.25, 0.3) is 0 Å². The van der Waals surface area contributed by atoms with E-state index in [-0.39, 0.29) is 12.6 Å². The molecule has 1 aromatic rings. The summed E-state index contributed by atoms with van der Waals surface area (Å²) in [6.45, 7) is -0.0443. The molecule has 0 aliphatic heterocycles. The van der Waals surface area contributed by atoms with Crippen molar-refractivity contribution in [2.75, 3.05) is 0 Å². The SMILES string of the molecule is NC(c1ccc(CO)o1)C1CCC1. The summed E-state index contributed by atoms with van der Waals surface area (Å²) in [6.07, 6.45) is 3.69. The molecule has 1 aromatic heterocycles. The Balaban J connectivity index is 2.05. The second-order valence-corrected chi connectivity index (χ2v) is 3.68. The third-order valence-electron chi connectivity index (χ3n) is 2.82. The molecule has 0 amide bonds. The number of nitrogens with two attached hydrogens (primary N) is 1. The topological polar surface area (TPSA) is 59.4 Å². The molecule has 1 unspecified atom stereocenters. The van der Waals surface area contributed by atoms with Crippen LogP contribution >= 0.6 is 0 Å². The molecule has 0 bridgehead atoms. The first-order chi connectivity index (χ1) is 6.31. The lowest BCUT2D eigenvalue weighted by atomic mass is 9.79. The van der Waals surface area contributed by atoms with E-state index in [0.717, 1.165) is 5.76 Å². The highest BCUT2D eigenvalue weighted by Crippen LogP contribution is 2.36. The first kappa shape index (κ1) is 8.78. The molecule has 1 atom stereocenters. The van der Waals surface area contributed by atoms with Crippen molar-refractivity contribution in [1.29, 1.82) is 0 Å². The Morgan fingerprint density at radius 2 is 2.31 bits per heavy atom. The molecule has 0 aromatic carbocycles. The Kier molecular flexibility index (Phi) is 2.38. The summed E-state index contributed by atoms with van der Waals surface area (Å²) in [4.78, 5) is 0. The zero-order chi connectivity index (χ0) is 9.26. The highest BCUT2D eigenvalue weighted by Gasteiger charge is 2.27. The lowest BCUT2D eigenvalue weighted by Gasteiger charge is -2.29. The monoisotopic (exact) mass is 181 g/mol. The summed E-state index contributed by atoms with van der Waals surface area (Å²) < 4.78 is 5.38. The molecule has 0 spiro atoms. The van der Waals surface area contributed by atoms with Gasteiger partial charge in [-0.3, -0.25) is 0 Å². The molecule has 1 fully saturated rings. The zero-order valence-corrected chi connectivity index (χ0v) is 7.57. The largest absolute Gasteiger partial charge is 0.462 e. The van der Waals surface area contributed by atoms with E-state index in [4.69, 9.17) is 15.3 Å². The number of hydrogen-bond acceptors (Lipinski definition) is 3. The maximum atomic E-state index is 8.81. The third kappa shape index (κ3) is 1.62. The van der Waals surface area contributed by atoms with E-state index >= 15 is 0 Å². The fraction of sp³-hybridized carbons (Fsp3) is 0.600. The molecule has 3 nitrogen and oxygen atoms in total. The van der Waals surface area contributed by atoms with Gasteiger partial charge in [-0.25, -0.2) is 0 Å². The first-order valence-corrected chi connectivity index (χ1v) is 4.76. The van der Waals surface area contributed by atoms with Gasteiger partial charge in [-0.15, -0.1) is 0 Å². The maximum absolute atomic E-state index is 8.81. The lowest BCUT2D eigenvalue weighted by molar-refractivity contribution is 0.216. The van der Waals surface area contributed by atoms with E-state index in [0.29, 0.717) is 11.7 Å². The van der Waals surface area contributed by atoms with E-state index < -0.39 is 0 Å². The lowest BCUT2D eigenvalue weighted by Crippen LogP contribution is -2.26. The number of hydrogen-bond donors (Lipinski definition) is 2. The molecule has 13 heavy (non-hydrogen) atoms. The third-order valence-corrected chi connectivity index (χ3v) is 2.82. The minimum atomic E-state index is -0.0443. The number of furan rings is 1. The predicted octanol–water partition coefficient (Wildman–Crippen LogP) is 1.57. The van der Waals surface area contributed by atoms with Crippen molar-refractivity contribution >= 4 is 0 Å². The van der Waals surface area contributed by atoms with Crippen LogP contribution in [0.5, 0.6) is 0 Å². The minimum absolute atomic E-state index is 0.0223. The van der Waals surface area contributed by atoms with Crippen LogP contribution in [-0.2, 0) is 6.61 Å². The predicted molar refractivity (Wildman–Crippen MR) is 48.9 cm³/mol. The Hall–Kier alpha value is -0.800. The van der Waals surface area contributed by atoms with Crippen molar-refractivity contribution in [3.8, 4) is 0 Å². The summed E-state index contributed by atoms with van der Waals surface area (Å²) in [5.41, 5.74) is 5.99. The van der Waals surface area contributed by atoms with Crippen LogP contribution in [0.2, 0.25) is 0 Å². The Morgan fingerprint density at radius 3 is 2.77 bits per heavy atom. The van der Waals surface area contributed by atoms with Crippen LogP contribution in [-0.4, -0.2) is 5.11 Å². The zero-order valence-electron chi connectivity index (χ0n) is 7.57. The van der Waals surface area contributed by atoms with Gasteiger partial charge < -0.3 is 15.3 Å². The van der Waals surface area contributed by atoms with Gasteiger partial charge in [0.2, 0.25) is 0 Å². The van der Waals surface area contributed by atoms with Gasteiger partial charge in [-0.2, -0.15) is 0 Å². The van der Waals surface area contributed by atoms with Gasteiger partial charge in [-0.05, 0) is 30.9 Å². The second kappa shape index (κ2) is 3.52. The van der Waals surface area contributed by atoms with Gasteiger partial charge in [0.05, 0.1) is 6.04 Å². The van der Waals surface area contributed by atoms with Crippen LogP contribution in [0.3, 0.4) is 0 Å². The highest BCUT2D eigenvalue weighted by molar-refractivity contribution is 5.11. The van der Waals surface area contributed by atoms with Gasteiger partial charge in [0.15, 0.2) is 0 Å². The highest BCUT2D eigenvalue weighted by atomic mass is 16.4. The fourth-order valence-corrected chi connectivity index (χ4v) is 1.69. The van der Waals surface area contributed by atoms with E-state index in [1.165, 1.54) is 19.3 Å². The summed E-state index contributed by atoms with van der Waals surface area (Å²) in [7, 11) is 0. The average molecular weight is 181 g/mol. The summed E-state index contributed by atoms with van der Waals surface area (Å²) in [5.74, 6) is 2.00. The molecule has 3 N–H and O–H groups in total. The van der Waals surface area contributed by atoms with Gasteiger partial charge in [0.1, 0.15) is 18.1 Å².